The average Bonchev–Trinajstić information content (AvgIpc) is 2.95. The Morgan fingerprint density at radius 1 is 1.18 bits per heavy atom. The zero-order valence-electron chi connectivity index (χ0n) is 16.0. The number of benzene rings is 2. The summed E-state index contributed by atoms with van der Waals surface area (Å²) < 4.78 is 11.5. The molecule has 0 unspecified atom stereocenters. The number of methoxy groups -OCH3 is 2. The van der Waals surface area contributed by atoms with Gasteiger partial charge in [-0.2, -0.15) is 0 Å². The summed E-state index contributed by atoms with van der Waals surface area (Å²) in [6.45, 7) is 5.80. The van der Waals surface area contributed by atoms with Gasteiger partial charge in [-0.3, -0.25) is 9.69 Å². The second-order valence-corrected chi connectivity index (χ2v) is 7.94. The third kappa shape index (κ3) is 3.98. The summed E-state index contributed by atoms with van der Waals surface area (Å²) in [5.74, 6) is 1.16. The highest BCUT2D eigenvalue weighted by molar-refractivity contribution is 8.27. The van der Waals surface area contributed by atoms with Crippen LogP contribution in [0, 0.1) is 6.92 Å². The maximum atomic E-state index is 13.0. The number of rotatable bonds is 6. The van der Waals surface area contributed by atoms with Gasteiger partial charge < -0.3 is 9.47 Å². The summed E-state index contributed by atoms with van der Waals surface area (Å²) in [7, 11) is 3.20. The molecule has 1 aliphatic heterocycles. The second-order valence-electron chi connectivity index (χ2n) is 6.26. The van der Waals surface area contributed by atoms with Gasteiger partial charge in [0.2, 0.25) is 0 Å². The van der Waals surface area contributed by atoms with Crippen molar-refractivity contribution in [2.24, 2.45) is 0 Å². The lowest BCUT2D eigenvalue weighted by Crippen LogP contribution is -2.27. The van der Waals surface area contributed by atoms with E-state index >= 15 is 0 Å². The molecule has 1 heterocycles. The normalized spacial score (nSPS) is 15.2. The van der Waals surface area contributed by atoms with Crippen LogP contribution in [-0.4, -0.2) is 24.4 Å². The Labute approximate surface area is 174 Å². The molecular formula is C22H21NO3S2. The Kier molecular flexibility index (Phi) is 6.21. The third-order valence-corrected chi connectivity index (χ3v) is 5.63. The van der Waals surface area contributed by atoms with Crippen molar-refractivity contribution in [3.05, 3.63) is 70.6 Å². The molecule has 1 fully saturated rings. The molecule has 0 bridgehead atoms. The Morgan fingerprint density at radius 3 is 2.50 bits per heavy atom. The van der Waals surface area contributed by atoms with Crippen LogP contribution in [0.25, 0.3) is 6.08 Å². The maximum Gasteiger partial charge on any atom is 0.270 e. The van der Waals surface area contributed by atoms with Crippen LogP contribution in [0.15, 0.2) is 54.0 Å². The number of thioether (sulfide) groups is 1. The molecule has 2 aromatic rings. The van der Waals surface area contributed by atoms with Gasteiger partial charge in [0, 0.05) is 5.56 Å². The maximum absolute atomic E-state index is 13.0. The monoisotopic (exact) mass is 411 g/mol. The first kappa shape index (κ1) is 20.2. The molecule has 4 nitrogen and oxygen atoms in total. The standard InChI is InChI=1S/C22H21NO3S2/c1-5-6-16-11-15(12-18(25-3)20(16)26-4)13-19-21(24)23(22(27)28-19)17-9-7-14(2)8-10-17/h5,7-13H,1,6H2,2-4H3/b19-13+. The zero-order chi connectivity index (χ0) is 20.3. The lowest BCUT2D eigenvalue weighted by atomic mass is 10.0. The van der Waals surface area contributed by atoms with Crippen molar-refractivity contribution in [3.63, 3.8) is 0 Å². The number of carbonyl (C=O) groups is 1. The van der Waals surface area contributed by atoms with Crippen molar-refractivity contribution < 1.29 is 14.3 Å². The molecule has 2 aromatic carbocycles. The van der Waals surface area contributed by atoms with Crippen LogP contribution in [-0.2, 0) is 11.2 Å². The van der Waals surface area contributed by atoms with Crippen molar-refractivity contribution >= 4 is 46.0 Å². The van der Waals surface area contributed by atoms with E-state index in [1.54, 1.807) is 25.2 Å². The molecule has 0 N–H and O–H groups in total. The van der Waals surface area contributed by atoms with Crippen LogP contribution >= 0.6 is 24.0 Å². The molecule has 3 rings (SSSR count). The summed E-state index contributed by atoms with van der Waals surface area (Å²) in [6, 6.07) is 11.6. The van der Waals surface area contributed by atoms with Crippen molar-refractivity contribution in [1.82, 2.24) is 0 Å². The van der Waals surface area contributed by atoms with Crippen molar-refractivity contribution in [3.8, 4) is 11.5 Å². The van der Waals surface area contributed by atoms with Gasteiger partial charge in [0.25, 0.3) is 5.91 Å². The Hall–Kier alpha value is -2.57. The fourth-order valence-corrected chi connectivity index (χ4v) is 4.29. The van der Waals surface area contributed by atoms with Crippen LogP contribution in [0.4, 0.5) is 5.69 Å². The molecule has 0 aliphatic carbocycles. The van der Waals surface area contributed by atoms with E-state index in [1.807, 2.05) is 49.4 Å². The van der Waals surface area contributed by atoms with Crippen LogP contribution in [0.2, 0.25) is 0 Å². The van der Waals surface area contributed by atoms with Gasteiger partial charge in [-0.05, 0) is 49.2 Å². The van der Waals surface area contributed by atoms with Gasteiger partial charge in [0.05, 0.1) is 24.8 Å². The van der Waals surface area contributed by atoms with E-state index in [0.29, 0.717) is 27.1 Å². The number of anilines is 1. The number of hydrogen-bond donors (Lipinski definition) is 0. The first-order valence-electron chi connectivity index (χ1n) is 8.69. The number of hydrogen-bond acceptors (Lipinski definition) is 5. The predicted octanol–water partition coefficient (Wildman–Crippen LogP) is 5.15. The average molecular weight is 412 g/mol. The first-order chi connectivity index (χ1) is 13.5. The number of amides is 1. The molecule has 6 heteroatoms. The van der Waals surface area contributed by atoms with E-state index in [4.69, 9.17) is 21.7 Å². The van der Waals surface area contributed by atoms with E-state index < -0.39 is 0 Å². The number of carbonyl (C=O) groups excluding carboxylic acids is 1. The molecule has 0 spiro atoms. The van der Waals surface area contributed by atoms with Gasteiger partial charge in [0.15, 0.2) is 15.8 Å². The van der Waals surface area contributed by atoms with Crippen molar-refractivity contribution in [2.75, 3.05) is 19.1 Å². The number of ether oxygens (including phenoxy) is 2. The molecule has 1 saturated heterocycles. The highest BCUT2D eigenvalue weighted by atomic mass is 32.2. The quantitative estimate of drug-likeness (QED) is 0.374. The first-order valence-corrected chi connectivity index (χ1v) is 9.91. The van der Waals surface area contributed by atoms with E-state index in [-0.39, 0.29) is 5.91 Å². The fraction of sp³-hybridized carbons (Fsp3) is 0.182. The molecule has 144 valence electrons. The summed E-state index contributed by atoms with van der Waals surface area (Å²) >= 11 is 6.75. The number of thiocarbonyl (C=S) groups is 1. The summed E-state index contributed by atoms with van der Waals surface area (Å²) in [5.41, 5.74) is 3.69. The minimum Gasteiger partial charge on any atom is -0.493 e. The molecule has 28 heavy (non-hydrogen) atoms. The van der Waals surface area contributed by atoms with E-state index in [0.717, 1.165) is 22.4 Å². The highest BCUT2D eigenvalue weighted by Gasteiger charge is 2.33. The van der Waals surface area contributed by atoms with Crippen LogP contribution in [0.1, 0.15) is 16.7 Å². The van der Waals surface area contributed by atoms with Crippen molar-refractivity contribution in [1.29, 1.82) is 0 Å². The summed E-state index contributed by atoms with van der Waals surface area (Å²) in [6.07, 6.45) is 4.27. The van der Waals surface area contributed by atoms with Gasteiger partial charge in [-0.15, -0.1) is 6.58 Å². The zero-order valence-corrected chi connectivity index (χ0v) is 17.7. The molecule has 0 radical (unpaired) electrons. The Bertz CT molecular complexity index is 964. The minimum atomic E-state index is -0.126. The molecule has 0 saturated carbocycles. The highest BCUT2D eigenvalue weighted by Crippen LogP contribution is 2.38. The Balaban J connectivity index is 1.98. The fourth-order valence-electron chi connectivity index (χ4n) is 2.99. The molecule has 0 aromatic heterocycles. The van der Waals surface area contributed by atoms with Crippen LogP contribution in [0.3, 0.4) is 0 Å². The lowest BCUT2D eigenvalue weighted by molar-refractivity contribution is -0.113. The number of aryl methyl sites for hydroxylation is 1. The lowest BCUT2D eigenvalue weighted by Gasteiger charge is -2.14. The number of allylic oxidation sites excluding steroid dienone is 1. The van der Waals surface area contributed by atoms with E-state index in [2.05, 4.69) is 6.58 Å². The van der Waals surface area contributed by atoms with Crippen LogP contribution in [0.5, 0.6) is 11.5 Å². The van der Waals surface area contributed by atoms with Gasteiger partial charge in [0.1, 0.15) is 0 Å². The van der Waals surface area contributed by atoms with E-state index in [9.17, 15) is 4.79 Å². The minimum absolute atomic E-state index is 0.126. The topological polar surface area (TPSA) is 38.8 Å². The SMILES string of the molecule is C=CCc1cc(/C=C2/SC(=S)N(c3ccc(C)cc3)C2=O)cc(OC)c1OC. The molecular weight excluding hydrogens is 390 g/mol. The summed E-state index contributed by atoms with van der Waals surface area (Å²) in [5, 5.41) is 0. The molecule has 1 amide bonds. The predicted molar refractivity (Wildman–Crippen MR) is 120 cm³/mol. The smallest absolute Gasteiger partial charge is 0.270 e. The van der Waals surface area contributed by atoms with Crippen LogP contribution < -0.4 is 14.4 Å². The van der Waals surface area contributed by atoms with Gasteiger partial charge in [-0.1, -0.05) is 47.8 Å². The number of nitrogens with zero attached hydrogens (tertiary/aromatic N) is 1. The van der Waals surface area contributed by atoms with Crippen molar-refractivity contribution in [2.45, 2.75) is 13.3 Å². The Morgan fingerprint density at radius 2 is 1.89 bits per heavy atom. The van der Waals surface area contributed by atoms with Gasteiger partial charge >= 0.3 is 0 Å². The van der Waals surface area contributed by atoms with E-state index in [1.165, 1.54) is 11.8 Å². The largest absolute Gasteiger partial charge is 0.493 e. The van der Waals surface area contributed by atoms with Gasteiger partial charge in [-0.25, -0.2) is 0 Å². The molecule has 0 atom stereocenters. The second kappa shape index (κ2) is 8.63. The third-order valence-electron chi connectivity index (χ3n) is 4.33. The summed E-state index contributed by atoms with van der Waals surface area (Å²) in [4.78, 5) is 15.1. The molecule has 1 aliphatic rings.